The van der Waals surface area contributed by atoms with Gasteiger partial charge in [-0.15, -0.1) is 0 Å². The lowest BCUT2D eigenvalue weighted by atomic mass is 10.2. The zero-order chi connectivity index (χ0) is 15.4. The first kappa shape index (κ1) is 15.4. The van der Waals surface area contributed by atoms with Crippen molar-refractivity contribution in [2.75, 3.05) is 20.2 Å². The van der Waals surface area contributed by atoms with Gasteiger partial charge in [-0.05, 0) is 32.0 Å². The molecule has 0 aliphatic carbocycles. The summed E-state index contributed by atoms with van der Waals surface area (Å²) in [5.41, 5.74) is 1.11. The van der Waals surface area contributed by atoms with Crippen LogP contribution in [0.25, 0.3) is 0 Å². The molecule has 0 aliphatic heterocycles. The third kappa shape index (κ3) is 3.76. The monoisotopic (exact) mass is 308 g/mol. The van der Waals surface area contributed by atoms with Crippen LogP contribution in [-0.4, -0.2) is 36.2 Å². The van der Waals surface area contributed by atoms with Crippen molar-refractivity contribution in [1.29, 1.82) is 0 Å². The normalized spacial score (nSPS) is 10.5. The van der Waals surface area contributed by atoms with Crippen molar-refractivity contribution in [2.45, 2.75) is 13.8 Å². The van der Waals surface area contributed by atoms with Crippen molar-refractivity contribution >= 4 is 17.5 Å². The van der Waals surface area contributed by atoms with E-state index in [1.807, 2.05) is 12.1 Å². The predicted molar refractivity (Wildman–Crippen MR) is 79.9 cm³/mol. The lowest BCUT2D eigenvalue weighted by Crippen LogP contribution is -2.31. The van der Waals surface area contributed by atoms with Gasteiger partial charge in [0.15, 0.2) is 0 Å². The number of hydrogen-bond donors (Lipinski definition) is 0. The van der Waals surface area contributed by atoms with Crippen LogP contribution in [0, 0.1) is 13.8 Å². The molecule has 112 valence electrons. The van der Waals surface area contributed by atoms with Crippen LogP contribution in [0.4, 0.5) is 0 Å². The summed E-state index contributed by atoms with van der Waals surface area (Å²) in [6.07, 6.45) is 0. The Morgan fingerprint density at radius 1 is 1.43 bits per heavy atom. The summed E-state index contributed by atoms with van der Waals surface area (Å²) in [6.45, 7) is 4.31. The molecule has 0 aliphatic rings. The Kier molecular flexibility index (Phi) is 4.85. The van der Waals surface area contributed by atoms with E-state index in [4.69, 9.17) is 20.9 Å². The average Bonchev–Trinajstić information content (AvgIpc) is 2.77. The summed E-state index contributed by atoms with van der Waals surface area (Å²) in [6, 6.07) is 7.15. The second kappa shape index (κ2) is 6.63. The van der Waals surface area contributed by atoms with Gasteiger partial charge in [0.25, 0.3) is 5.91 Å². The molecule has 5 nitrogen and oxygen atoms in total. The second-order valence-electron chi connectivity index (χ2n) is 4.73. The number of aryl methyl sites for hydroxylation is 2. The first-order chi connectivity index (χ1) is 9.99. The van der Waals surface area contributed by atoms with Crippen LogP contribution in [0.5, 0.6) is 5.75 Å². The van der Waals surface area contributed by atoms with E-state index in [2.05, 4.69) is 5.16 Å². The number of carbonyl (C=O) groups is 1. The summed E-state index contributed by atoms with van der Waals surface area (Å²) in [7, 11) is 1.72. The number of carbonyl (C=O) groups excluding carboxylic acids is 1. The largest absolute Gasteiger partial charge is 0.492 e. The highest BCUT2D eigenvalue weighted by Gasteiger charge is 2.20. The molecule has 1 amide bonds. The smallest absolute Gasteiger partial charge is 0.259 e. The van der Waals surface area contributed by atoms with E-state index in [0.717, 1.165) is 0 Å². The lowest BCUT2D eigenvalue weighted by Gasteiger charge is -2.17. The van der Waals surface area contributed by atoms with Crippen LogP contribution in [0.2, 0.25) is 5.02 Å². The van der Waals surface area contributed by atoms with Crippen molar-refractivity contribution < 1.29 is 14.1 Å². The zero-order valence-corrected chi connectivity index (χ0v) is 13.0. The van der Waals surface area contributed by atoms with Gasteiger partial charge in [-0.25, -0.2) is 0 Å². The van der Waals surface area contributed by atoms with E-state index in [1.165, 1.54) is 0 Å². The zero-order valence-electron chi connectivity index (χ0n) is 12.2. The maximum Gasteiger partial charge on any atom is 0.259 e. The molecule has 1 aromatic carbocycles. The number of benzene rings is 1. The molecule has 0 atom stereocenters. The Morgan fingerprint density at radius 2 is 2.19 bits per heavy atom. The van der Waals surface area contributed by atoms with Crippen LogP contribution in [-0.2, 0) is 0 Å². The van der Waals surface area contributed by atoms with E-state index in [1.54, 1.807) is 37.9 Å². The predicted octanol–water partition coefficient (Wildman–Crippen LogP) is 3.10. The maximum atomic E-state index is 12.3. The molecular weight excluding hydrogens is 292 g/mol. The molecule has 1 aromatic heterocycles. The van der Waals surface area contributed by atoms with Gasteiger partial charge in [-0.2, -0.15) is 0 Å². The third-order valence-corrected chi connectivity index (χ3v) is 3.32. The minimum absolute atomic E-state index is 0.124. The molecule has 0 fully saturated rings. The number of ether oxygens (including phenoxy) is 1. The van der Waals surface area contributed by atoms with Crippen LogP contribution < -0.4 is 4.74 Å². The Hall–Kier alpha value is -2.01. The quantitative estimate of drug-likeness (QED) is 0.851. The molecule has 0 N–H and O–H groups in total. The van der Waals surface area contributed by atoms with Crippen LogP contribution >= 0.6 is 11.6 Å². The number of nitrogens with zero attached hydrogens (tertiary/aromatic N) is 2. The minimum Gasteiger partial charge on any atom is -0.492 e. The fraction of sp³-hybridized carbons (Fsp3) is 0.333. The molecule has 0 unspecified atom stereocenters. The number of rotatable bonds is 5. The van der Waals surface area contributed by atoms with Gasteiger partial charge in [0.1, 0.15) is 23.7 Å². The molecule has 21 heavy (non-hydrogen) atoms. The molecule has 1 heterocycles. The summed E-state index contributed by atoms with van der Waals surface area (Å²) >= 11 is 5.88. The first-order valence-electron chi connectivity index (χ1n) is 6.55. The highest BCUT2D eigenvalue weighted by molar-refractivity contribution is 6.30. The van der Waals surface area contributed by atoms with Crippen molar-refractivity contribution in [2.24, 2.45) is 0 Å². The SMILES string of the molecule is Cc1noc(C)c1C(=O)N(C)CCOc1cccc(Cl)c1. The Balaban J connectivity index is 1.90. The fourth-order valence-corrected chi connectivity index (χ4v) is 2.12. The van der Waals surface area contributed by atoms with Crippen LogP contribution in [0.1, 0.15) is 21.8 Å². The Labute approximate surface area is 128 Å². The third-order valence-electron chi connectivity index (χ3n) is 3.09. The highest BCUT2D eigenvalue weighted by atomic mass is 35.5. The summed E-state index contributed by atoms with van der Waals surface area (Å²) in [4.78, 5) is 13.9. The van der Waals surface area contributed by atoms with Crippen LogP contribution in [0.15, 0.2) is 28.8 Å². The van der Waals surface area contributed by atoms with Gasteiger partial charge in [0, 0.05) is 12.1 Å². The van der Waals surface area contributed by atoms with E-state index < -0.39 is 0 Å². The van der Waals surface area contributed by atoms with Gasteiger partial charge in [-0.3, -0.25) is 4.79 Å². The number of hydrogen-bond acceptors (Lipinski definition) is 4. The number of aromatic nitrogens is 1. The molecule has 0 bridgehead atoms. The van der Waals surface area contributed by atoms with Gasteiger partial charge < -0.3 is 14.2 Å². The fourth-order valence-electron chi connectivity index (χ4n) is 1.94. The van der Waals surface area contributed by atoms with Gasteiger partial charge in [0.05, 0.1) is 12.2 Å². The molecule has 2 aromatic rings. The van der Waals surface area contributed by atoms with Crippen molar-refractivity contribution in [3.8, 4) is 5.75 Å². The minimum atomic E-state index is -0.124. The molecule has 2 rings (SSSR count). The molecular formula is C15H17ClN2O3. The van der Waals surface area contributed by atoms with Crippen molar-refractivity contribution in [1.82, 2.24) is 10.1 Å². The number of likely N-dealkylation sites (N-methyl/N-ethyl adjacent to an activating group) is 1. The van der Waals surface area contributed by atoms with E-state index >= 15 is 0 Å². The molecule has 0 saturated heterocycles. The van der Waals surface area contributed by atoms with Crippen molar-refractivity contribution in [3.63, 3.8) is 0 Å². The van der Waals surface area contributed by atoms with Crippen molar-refractivity contribution in [3.05, 3.63) is 46.3 Å². The topological polar surface area (TPSA) is 55.6 Å². The van der Waals surface area contributed by atoms with Gasteiger partial charge in [-0.1, -0.05) is 22.8 Å². The first-order valence-corrected chi connectivity index (χ1v) is 6.93. The van der Waals surface area contributed by atoms with E-state index in [0.29, 0.717) is 40.9 Å². The maximum absolute atomic E-state index is 12.3. The number of amides is 1. The van der Waals surface area contributed by atoms with Gasteiger partial charge in [0.2, 0.25) is 0 Å². The van der Waals surface area contributed by atoms with Crippen LogP contribution in [0.3, 0.4) is 0 Å². The summed E-state index contributed by atoms with van der Waals surface area (Å²) < 4.78 is 10.6. The second-order valence-corrected chi connectivity index (χ2v) is 5.17. The molecule has 6 heteroatoms. The van der Waals surface area contributed by atoms with E-state index in [-0.39, 0.29) is 5.91 Å². The average molecular weight is 309 g/mol. The van der Waals surface area contributed by atoms with E-state index in [9.17, 15) is 4.79 Å². The molecule has 0 spiro atoms. The standard InChI is InChI=1S/C15H17ClN2O3/c1-10-14(11(2)21-17-10)15(19)18(3)7-8-20-13-6-4-5-12(16)9-13/h4-6,9H,7-8H2,1-3H3. The number of halogens is 1. The lowest BCUT2D eigenvalue weighted by molar-refractivity contribution is 0.0771. The summed E-state index contributed by atoms with van der Waals surface area (Å²) in [5.74, 6) is 1.08. The highest BCUT2D eigenvalue weighted by Crippen LogP contribution is 2.17. The molecule has 0 radical (unpaired) electrons. The summed E-state index contributed by atoms with van der Waals surface area (Å²) in [5, 5.41) is 4.41. The van der Waals surface area contributed by atoms with Gasteiger partial charge >= 0.3 is 0 Å². The molecule has 0 saturated carbocycles. The Bertz CT molecular complexity index is 620. The Morgan fingerprint density at radius 3 is 2.81 bits per heavy atom.